The molecule has 0 radical (unpaired) electrons. The van der Waals surface area contributed by atoms with Gasteiger partial charge in [0, 0.05) is 6.54 Å². The molecule has 1 rings (SSSR count). The topological polar surface area (TPSA) is 49.8 Å². The molecular weight excluding hydrogens is 206 g/mol. The summed E-state index contributed by atoms with van der Waals surface area (Å²) in [5.41, 5.74) is -0.434. The van der Waals surface area contributed by atoms with Crippen molar-refractivity contribution in [3.05, 3.63) is 0 Å². The van der Waals surface area contributed by atoms with E-state index in [1.807, 2.05) is 25.7 Å². The van der Waals surface area contributed by atoms with E-state index >= 15 is 0 Å². The van der Waals surface area contributed by atoms with E-state index in [2.05, 4.69) is 0 Å². The summed E-state index contributed by atoms with van der Waals surface area (Å²) in [5.74, 6) is -0.161. The molecule has 4 nitrogen and oxygen atoms in total. The van der Waals surface area contributed by atoms with Crippen molar-refractivity contribution in [3.63, 3.8) is 0 Å². The predicted octanol–water partition coefficient (Wildman–Crippen LogP) is 1.17. The molecule has 0 aromatic rings. The zero-order chi connectivity index (χ0) is 12.3. The van der Waals surface area contributed by atoms with Crippen LogP contribution in [-0.2, 0) is 9.53 Å². The second-order valence-electron chi connectivity index (χ2n) is 5.54. The second-order valence-corrected chi connectivity index (χ2v) is 5.54. The van der Waals surface area contributed by atoms with Gasteiger partial charge in [-0.3, -0.25) is 9.69 Å². The maximum Gasteiger partial charge on any atom is 0.323 e. The van der Waals surface area contributed by atoms with E-state index in [0.717, 1.165) is 19.4 Å². The Balaban J connectivity index is 2.54. The van der Waals surface area contributed by atoms with E-state index in [4.69, 9.17) is 4.74 Å². The third kappa shape index (κ3) is 4.10. The molecule has 1 aliphatic rings. The van der Waals surface area contributed by atoms with E-state index in [0.29, 0.717) is 6.54 Å². The van der Waals surface area contributed by atoms with Crippen molar-refractivity contribution in [2.45, 2.75) is 58.3 Å². The number of aliphatic hydroxyl groups is 1. The number of carbonyl (C=O) groups is 1. The average Bonchev–Trinajstić information content (AvgIpc) is 2.47. The molecule has 1 saturated heterocycles. The lowest BCUT2D eigenvalue weighted by Crippen LogP contribution is -2.43. The van der Waals surface area contributed by atoms with E-state index in [1.54, 1.807) is 6.92 Å². The van der Waals surface area contributed by atoms with Crippen molar-refractivity contribution in [2.24, 2.45) is 0 Å². The first-order valence-corrected chi connectivity index (χ1v) is 5.94. The molecule has 0 saturated carbocycles. The van der Waals surface area contributed by atoms with Crippen LogP contribution in [0.4, 0.5) is 0 Å². The number of aliphatic hydroxyl groups excluding tert-OH is 1. The average molecular weight is 229 g/mol. The van der Waals surface area contributed by atoms with Gasteiger partial charge in [0.05, 0.1) is 6.10 Å². The van der Waals surface area contributed by atoms with Crippen LogP contribution < -0.4 is 0 Å². The molecule has 0 amide bonds. The summed E-state index contributed by atoms with van der Waals surface area (Å²) in [6, 6.07) is -0.172. The Morgan fingerprint density at radius 3 is 2.69 bits per heavy atom. The zero-order valence-corrected chi connectivity index (χ0v) is 10.7. The molecule has 1 heterocycles. The van der Waals surface area contributed by atoms with Crippen molar-refractivity contribution in [3.8, 4) is 0 Å². The van der Waals surface area contributed by atoms with Crippen LogP contribution in [0.3, 0.4) is 0 Å². The van der Waals surface area contributed by atoms with Gasteiger partial charge in [-0.25, -0.2) is 0 Å². The largest absolute Gasteiger partial charge is 0.459 e. The smallest absolute Gasteiger partial charge is 0.323 e. The van der Waals surface area contributed by atoms with Crippen LogP contribution in [0, 0.1) is 0 Å². The summed E-state index contributed by atoms with van der Waals surface area (Å²) < 4.78 is 5.37. The number of carbonyl (C=O) groups excluding carboxylic acids is 1. The summed E-state index contributed by atoms with van der Waals surface area (Å²) in [6.07, 6.45) is 1.43. The summed E-state index contributed by atoms with van der Waals surface area (Å²) in [5, 5.41) is 9.35. The highest BCUT2D eigenvalue weighted by Crippen LogP contribution is 2.21. The summed E-state index contributed by atoms with van der Waals surface area (Å²) in [4.78, 5) is 13.9. The number of esters is 1. The first-order valence-electron chi connectivity index (χ1n) is 5.94. The van der Waals surface area contributed by atoms with Gasteiger partial charge in [0.25, 0.3) is 0 Å². The molecule has 1 N–H and O–H groups in total. The van der Waals surface area contributed by atoms with E-state index in [-0.39, 0.29) is 12.0 Å². The zero-order valence-electron chi connectivity index (χ0n) is 10.7. The Morgan fingerprint density at radius 1 is 1.56 bits per heavy atom. The molecule has 94 valence electrons. The fraction of sp³-hybridized carbons (Fsp3) is 0.917. The summed E-state index contributed by atoms with van der Waals surface area (Å²) in [6.45, 7) is 8.78. The lowest BCUT2D eigenvalue weighted by Gasteiger charge is -2.27. The van der Waals surface area contributed by atoms with Gasteiger partial charge in [-0.05, 0) is 47.1 Å². The highest BCUT2D eigenvalue weighted by molar-refractivity contribution is 5.76. The maximum absolute atomic E-state index is 11.9. The van der Waals surface area contributed by atoms with Crippen molar-refractivity contribution in [1.82, 2.24) is 4.90 Å². The summed E-state index contributed by atoms with van der Waals surface area (Å²) in [7, 11) is 0. The third-order valence-corrected chi connectivity index (χ3v) is 2.54. The van der Waals surface area contributed by atoms with Gasteiger partial charge in [-0.15, -0.1) is 0 Å². The summed E-state index contributed by atoms with van der Waals surface area (Å²) >= 11 is 0. The van der Waals surface area contributed by atoms with Crippen LogP contribution in [0.1, 0.15) is 40.5 Å². The Bertz CT molecular complexity index is 245. The van der Waals surface area contributed by atoms with Gasteiger partial charge in [0.1, 0.15) is 11.6 Å². The molecule has 1 aliphatic heterocycles. The van der Waals surface area contributed by atoms with Crippen molar-refractivity contribution >= 4 is 5.97 Å². The normalized spacial score (nSPS) is 24.4. The molecule has 0 aromatic carbocycles. The lowest BCUT2D eigenvalue weighted by atomic mass is 10.1. The van der Waals surface area contributed by atoms with Crippen molar-refractivity contribution in [2.75, 3.05) is 13.1 Å². The minimum Gasteiger partial charge on any atom is -0.459 e. The quantitative estimate of drug-likeness (QED) is 0.738. The molecule has 16 heavy (non-hydrogen) atoms. The predicted molar refractivity (Wildman–Crippen MR) is 62.1 cm³/mol. The van der Waals surface area contributed by atoms with Gasteiger partial charge in [0.15, 0.2) is 0 Å². The van der Waals surface area contributed by atoms with Gasteiger partial charge >= 0.3 is 5.97 Å². The Labute approximate surface area is 97.6 Å². The number of likely N-dealkylation sites (tertiary alicyclic amines) is 1. The van der Waals surface area contributed by atoms with E-state index in [1.165, 1.54) is 0 Å². The number of rotatable bonds is 3. The van der Waals surface area contributed by atoms with Crippen LogP contribution in [0.25, 0.3) is 0 Å². The highest BCUT2D eigenvalue weighted by Gasteiger charge is 2.34. The molecule has 1 fully saturated rings. The minimum absolute atomic E-state index is 0.161. The van der Waals surface area contributed by atoms with Crippen LogP contribution in [-0.4, -0.2) is 46.8 Å². The van der Waals surface area contributed by atoms with Crippen LogP contribution >= 0.6 is 0 Å². The molecule has 1 unspecified atom stereocenters. The third-order valence-electron chi connectivity index (χ3n) is 2.54. The Morgan fingerprint density at radius 2 is 2.19 bits per heavy atom. The van der Waals surface area contributed by atoms with Gasteiger partial charge in [-0.2, -0.15) is 0 Å². The first kappa shape index (κ1) is 13.5. The van der Waals surface area contributed by atoms with Gasteiger partial charge in [-0.1, -0.05) is 0 Å². The van der Waals surface area contributed by atoms with Crippen molar-refractivity contribution in [1.29, 1.82) is 0 Å². The van der Waals surface area contributed by atoms with Crippen LogP contribution in [0.2, 0.25) is 0 Å². The molecule has 0 bridgehead atoms. The molecular formula is C12H23NO3. The Hall–Kier alpha value is -0.610. The number of ether oxygens (including phenoxy) is 1. The Kier molecular flexibility index (Phi) is 4.33. The number of hydrogen-bond donors (Lipinski definition) is 1. The number of β-amino-alcohol motifs (C(OH)–C–C–N with tert-alkyl or cyclic N) is 1. The molecule has 0 spiro atoms. The number of nitrogens with zero attached hydrogens (tertiary/aromatic N) is 1. The standard InChI is InChI=1S/C12H23NO3/c1-9(14)8-13-7-5-6-10(13)11(15)16-12(2,3)4/h9-10,14H,5-8H2,1-4H3/t9?,10-/m1/s1. The first-order chi connectivity index (χ1) is 7.29. The monoisotopic (exact) mass is 229 g/mol. The highest BCUT2D eigenvalue weighted by atomic mass is 16.6. The fourth-order valence-electron chi connectivity index (χ4n) is 2.02. The van der Waals surface area contributed by atoms with Crippen LogP contribution in [0.15, 0.2) is 0 Å². The number of hydrogen-bond acceptors (Lipinski definition) is 4. The van der Waals surface area contributed by atoms with E-state index < -0.39 is 11.7 Å². The second kappa shape index (κ2) is 5.15. The minimum atomic E-state index is -0.434. The lowest BCUT2D eigenvalue weighted by molar-refractivity contribution is -0.160. The van der Waals surface area contributed by atoms with Crippen LogP contribution in [0.5, 0.6) is 0 Å². The van der Waals surface area contributed by atoms with Crippen molar-refractivity contribution < 1.29 is 14.6 Å². The maximum atomic E-state index is 11.9. The molecule has 4 heteroatoms. The fourth-order valence-corrected chi connectivity index (χ4v) is 2.02. The molecule has 2 atom stereocenters. The molecule has 0 aromatic heterocycles. The SMILES string of the molecule is CC(O)CN1CCC[C@@H]1C(=O)OC(C)(C)C. The van der Waals surface area contributed by atoms with Gasteiger partial charge < -0.3 is 9.84 Å². The molecule has 0 aliphatic carbocycles. The van der Waals surface area contributed by atoms with Gasteiger partial charge in [0.2, 0.25) is 0 Å². The van der Waals surface area contributed by atoms with E-state index in [9.17, 15) is 9.90 Å².